The number of carbonyl (C=O) groups is 2. The maximum Gasteiger partial charge on any atom is 0.306 e. The molecule has 0 amide bonds. The number of esters is 2. The van der Waals surface area contributed by atoms with Crippen LogP contribution < -0.4 is 4.89 Å². The summed E-state index contributed by atoms with van der Waals surface area (Å²) in [4.78, 5) is 37.7. The molecule has 0 aliphatic heterocycles. The third-order valence-electron chi connectivity index (χ3n) is 10.9. The van der Waals surface area contributed by atoms with Crippen molar-refractivity contribution in [1.29, 1.82) is 0 Å². The van der Waals surface area contributed by atoms with Gasteiger partial charge in [-0.25, -0.2) is 0 Å². The van der Waals surface area contributed by atoms with Gasteiger partial charge < -0.3 is 27.9 Å². The number of carbonyl (C=O) groups excluding carboxylic acids is 2. The summed E-state index contributed by atoms with van der Waals surface area (Å²) in [6.07, 6.45) is 50.3. The molecule has 0 N–H and O–H groups in total. The number of hydrogen-bond donors (Lipinski definition) is 0. The predicted molar refractivity (Wildman–Crippen MR) is 254 cm³/mol. The lowest BCUT2D eigenvalue weighted by Crippen LogP contribution is -2.37. The Labute approximate surface area is 376 Å². The van der Waals surface area contributed by atoms with E-state index in [0.717, 1.165) is 64.2 Å². The van der Waals surface area contributed by atoms with Crippen LogP contribution >= 0.6 is 7.82 Å². The van der Waals surface area contributed by atoms with E-state index in [1.54, 1.807) is 0 Å². The molecule has 0 spiro atoms. The van der Waals surface area contributed by atoms with Gasteiger partial charge in [-0.2, -0.15) is 0 Å². The first kappa shape index (κ1) is 59.2. The Kier molecular flexibility index (Phi) is 42.2. The molecule has 0 saturated heterocycles. The van der Waals surface area contributed by atoms with E-state index in [4.69, 9.17) is 18.5 Å². The minimum Gasteiger partial charge on any atom is -0.756 e. The lowest BCUT2D eigenvalue weighted by Gasteiger charge is -2.28. The van der Waals surface area contributed by atoms with Crippen molar-refractivity contribution in [1.82, 2.24) is 0 Å². The van der Waals surface area contributed by atoms with Crippen LogP contribution in [0.4, 0.5) is 0 Å². The van der Waals surface area contributed by atoms with Gasteiger partial charge in [-0.3, -0.25) is 14.2 Å². The summed E-state index contributed by atoms with van der Waals surface area (Å²) in [5.74, 6) is -0.841. The van der Waals surface area contributed by atoms with Crippen molar-refractivity contribution in [3.05, 3.63) is 36.5 Å². The van der Waals surface area contributed by atoms with Crippen molar-refractivity contribution in [2.45, 2.75) is 232 Å². The van der Waals surface area contributed by atoms with Gasteiger partial charge >= 0.3 is 11.9 Å². The normalized spacial score (nSPS) is 13.7. The van der Waals surface area contributed by atoms with Crippen LogP contribution in [-0.4, -0.2) is 70.0 Å². The number of hydrogen-bond acceptors (Lipinski definition) is 8. The second-order valence-corrected chi connectivity index (χ2v) is 19.6. The van der Waals surface area contributed by atoms with E-state index >= 15 is 0 Å². The zero-order chi connectivity index (χ0) is 45.0. The summed E-state index contributed by atoms with van der Waals surface area (Å²) < 4.78 is 34.0. The lowest BCUT2D eigenvalue weighted by atomic mass is 10.0. The zero-order valence-electron chi connectivity index (χ0n) is 40.4. The Morgan fingerprint density at radius 1 is 0.508 bits per heavy atom. The summed E-state index contributed by atoms with van der Waals surface area (Å²) in [6, 6.07) is 0. The summed E-state index contributed by atoms with van der Waals surface area (Å²) in [6.45, 7) is 4.22. The predicted octanol–water partition coefficient (Wildman–Crippen LogP) is 14.2. The molecule has 0 aliphatic carbocycles. The Bertz CT molecular complexity index is 1130. The third-order valence-corrected chi connectivity index (χ3v) is 11.8. The molecule has 0 aromatic carbocycles. The molecule has 10 heteroatoms. The SMILES string of the molecule is CCCCCCC/C=C\C/C=C\CCCCCCCCCCCCCC(=O)OC(COC(=O)CCCCCCC/C=C\CCCCCCC)COP(=O)([O-])OCC[N+](C)(C)C. The van der Waals surface area contributed by atoms with Gasteiger partial charge in [-0.15, -0.1) is 0 Å². The maximum absolute atomic E-state index is 12.7. The fourth-order valence-corrected chi connectivity index (χ4v) is 7.64. The summed E-state index contributed by atoms with van der Waals surface area (Å²) >= 11 is 0. The molecule has 0 heterocycles. The van der Waals surface area contributed by atoms with Gasteiger partial charge in [0, 0.05) is 12.8 Å². The van der Waals surface area contributed by atoms with Gasteiger partial charge in [0.2, 0.25) is 0 Å². The fraction of sp³-hybridized carbons (Fsp3) is 0.843. The van der Waals surface area contributed by atoms with Crippen LogP contribution in [0.2, 0.25) is 0 Å². The molecule has 0 bridgehead atoms. The van der Waals surface area contributed by atoms with Crippen molar-refractivity contribution in [2.24, 2.45) is 0 Å². The molecule has 61 heavy (non-hydrogen) atoms. The van der Waals surface area contributed by atoms with Crippen LogP contribution in [0.15, 0.2) is 36.5 Å². The average Bonchev–Trinajstić information content (AvgIpc) is 3.21. The van der Waals surface area contributed by atoms with Crippen molar-refractivity contribution in [3.8, 4) is 0 Å². The molecule has 0 aromatic rings. The third kappa shape index (κ3) is 47.5. The highest BCUT2D eigenvalue weighted by Gasteiger charge is 2.21. The van der Waals surface area contributed by atoms with Crippen molar-refractivity contribution in [2.75, 3.05) is 47.5 Å². The fourth-order valence-electron chi connectivity index (χ4n) is 6.92. The average molecular weight is 882 g/mol. The van der Waals surface area contributed by atoms with Gasteiger partial charge in [0.1, 0.15) is 19.8 Å². The summed E-state index contributed by atoms with van der Waals surface area (Å²) in [5.41, 5.74) is 0. The zero-order valence-corrected chi connectivity index (χ0v) is 41.3. The maximum atomic E-state index is 12.7. The first-order chi connectivity index (χ1) is 29.5. The molecule has 0 radical (unpaired) electrons. The standard InChI is InChI=1S/C51H96NO8P/c1-6-8-10-12-14-16-18-20-22-23-24-25-26-27-28-29-30-32-34-36-38-40-42-44-51(54)60-49(48-59-61(55,56)58-46-45-52(3,4)5)47-57-50(53)43-41-39-37-35-33-31-21-19-17-15-13-11-9-7-2/h18-21,23-24,49H,6-17,22,25-48H2,1-5H3/b20-18-,21-19-,24-23-. The molecule has 2 unspecified atom stereocenters. The minimum absolute atomic E-state index is 0.0321. The van der Waals surface area contributed by atoms with E-state index in [1.165, 1.54) is 128 Å². The second kappa shape index (κ2) is 43.5. The largest absolute Gasteiger partial charge is 0.756 e. The van der Waals surface area contributed by atoms with Gasteiger partial charge in [0.05, 0.1) is 27.7 Å². The van der Waals surface area contributed by atoms with E-state index in [0.29, 0.717) is 17.4 Å². The number of rotatable bonds is 46. The number of phosphoric ester groups is 1. The van der Waals surface area contributed by atoms with Crippen molar-refractivity contribution >= 4 is 19.8 Å². The van der Waals surface area contributed by atoms with Crippen LogP contribution in [-0.2, 0) is 32.7 Å². The molecule has 0 fully saturated rings. The highest BCUT2D eigenvalue weighted by atomic mass is 31.2. The van der Waals surface area contributed by atoms with Crippen molar-refractivity contribution in [3.63, 3.8) is 0 Å². The number of allylic oxidation sites excluding steroid dienone is 6. The van der Waals surface area contributed by atoms with Gasteiger partial charge in [-0.1, -0.05) is 179 Å². The first-order valence-corrected chi connectivity index (χ1v) is 26.7. The Morgan fingerprint density at radius 2 is 0.885 bits per heavy atom. The molecule has 358 valence electrons. The molecule has 0 rings (SSSR count). The van der Waals surface area contributed by atoms with E-state index in [-0.39, 0.29) is 26.1 Å². The second-order valence-electron chi connectivity index (χ2n) is 18.2. The molecular formula is C51H96NO8P. The molecule has 9 nitrogen and oxygen atoms in total. The molecule has 0 aliphatic rings. The number of ether oxygens (including phenoxy) is 2. The van der Waals surface area contributed by atoms with E-state index < -0.39 is 32.5 Å². The van der Waals surface area contributed by atoms with Crippen molar-refractivity contribution < 1.29 is 42.1 Å². The number of quaternary nitrogens is 1. The van der Waals surface area contributed by atoms with Crippen LogP contribution in [0.25, 0.3) is 0 Å². The Hall–Kier alpha value is -1.77. The van der Waals surface area contributed by atoms with E-state index in [9.17, 15) is 19.0 Å². The highest BCUT2D eigenvalue weighted by Crippen LogP contribution is 2.38. The van der Waals surface area contributed by atoms with Crippen LogP contribution in [0, 0.1) is 0 Å². The number of phosphoric acid groups is 1. The molecule has 0 saturated carbocycles. The Balaban J connectivity index is 4.23. The first-order valence-electron chi connectivity index (χ1n) is 25.2. The lowest BCUT2D eigenvalue weighted by molar-refractivity contribution is -0.870. The smallest absolute Gasteiger partial charge is 0.306 e. The van der Waals surface area contributed by atoms with Crippen LogP contribution in [0.1, 0.15) is 226 Å². The van der Waals surface area contributed by atoms with E-state index in [2.05, 4.69) is 50.3 Å². The van der Waals surface area contributed by atoms with Crippen LogP contribution in [0.3, 0.4) is 0 Å². The van der Waals surface area contributed by atoms with Gasteiger partial charge in [0.25, 0.3) is 7.82 Å². The molecule has 2 atom stereocenters. The Morgan fingerprint density at radius 3 is 1.31 bits per heavy atom. The summed E-state index contributed by atoms with van der Waals surface area (Å²) in [5, 5.41) is 0. The van der Waals surface area contributed by atoms with Crippen LogP contribution in [0.5, 0.6) is 0 Å². The monoisotopic (exact) mass is 882 g/mol. The number of nitrogens with zero attached hydrogens (tertiary/aromatic N) is 1. The number of unbranched alkanes of at least 4 members (excludes halogenated alkanes) is 26. The quantitative estimate of drug-likeness (QED) is 0.0195. The summed E-state index contributed by atoms with van der Waals surface area (Å²) in [7, 11) is 1.16. The number of likely N-dealkylation sites (N-methyl/N-ethyl adjacent to an activating group) is 1. The molecular weight excluding hydrogens is 786 g/mol. The molecule has 0 aromatic heterocycles. The van der Waals surface area contributed by atoms with Gasteiger partial charge in [0.15, 0.2) is 6.10 Å². The topological polar surface area (TPSA) is 111 Å². The minimum atomic E-state index is -4.63. The van der Waals surface area contributed by atoms with Gasteiger partial charge in [-0.05, 0) is 70.6 Å². The van der Waals surface area contributed by atoms with E-state index in [1.807, 2.05) is 21.1 Å². The highest BCUT2D eigenvalue weighted by molar-refractivity contribution is 7.45.